The highest BCUT2D eigenvalue weighted by molar-refractivity contribution is 6.02. The molecule has 1 unspecified atom stereocenters. The van der Waals surface area contributed by atoms with E-state index in [1.54, 1.807) is 18.3 Å². The molecule has 1 atom stereocenters. The maximum Gasteiger partial charge on any atom is 0.323 e. The van der Waals surface area contributed by atoms with E-state index in [1.165, 1.54) is 4.90 Å². The molecule has 0 aliphatic carbocycles. The van der Waals surface area contributed by atoms with Gasteiger partial charge in [-0.3, -0.25) is 19.5 Å². The number of amides is 1. The molecule has 1 aliphatic rings. The van der Waals surface area contributed by atoms with Crippen molar-refractivity contribution in [3.63, 3.8) is 0 Å². The van der Waals surface area contributed by atoms with E-state index in [2.05, 4.69) is 4.98 Å². The Hall–Kier alpha value is -1.95. The zero-order chi connectivity index (χ0) is 11.7. The third-order valence-corrected chi connectivity index (χ3v) is 2.45. The van der Waals surface area contributed by atoms with Gasteiger partial charge in [-0.25, -0.2) is 0 Å². The second-order valence-electron chi connectivity index (χ2n) is 3.60. The summed E-state index contributed by atoms with van der Waals surface area (Å²) in [6.45, 7) is -0.384. The van der Waals surface area contributed by atoms with Crippen LogP contribution in [0, 0.1) is 0 Å². The van der Waals surface area contributed by atoms with Gasteiger partial charge in [0, 0.05) is 12.6 Å². The summed E-state index contributed by atoms with van der Waals surface area (Å²) in [6, 6.07) is 2.63. The van der Waals surface area contributed by atoms with Crippen LogP contribution < -0.4 is 10.6 Å². The normalized spacial score (nSPS) is 19.4. The Kier molecular flexibility index (Phi) is 2.57. The van der Waals surface area contributed by atoms with Crippen LogP contribution >= 0.6 is 0 Å². The third kappa shape index (κ3) is 1.74. The van der Waals surface area contributed by atoms with Crippen LogP contribution in [0.25, 0.3) is 0 Å². The summed E-state index contributed by atoms with van der Waals surface area (Å²) in [5.74, 6) is -1.44. The van der Waals surface area contributed by atoms with Crippen molar-refractivity contribution in [1.29, 1.82) is 0 Å². The molecule has 0 saturated heterocycles. The Bertz CT molecular complexity index is 447. The minimum atomic E-state index is -1.07. The number of rotatable bonds is 2. The molecule has 1 aromatic rings. The molecule has 0 spiro atoms. The first-order valence-electron chi connectivity index (χ1n) is 4.82. The van der Waals surface area contributed by atoms with Gasteiger partial charge in [-0.05, 0) is 12.1 Å². The molecule has 0 radical (unpaired) electrons. The van der Waals surface area contributed by atoms with Crippen LogP contribution in [0.5, 0.6) is 0 Å². The second kappa shape index (κ2) is 3.90. The van der Waals surface area contributed by atoms with Crippen LogP contribution in [0.3, 0.4) is 0 Å². The molecule has 6 nitrogen and oxygen atoms in total. The Balaban J connectivity index is 2.41. The van der Waals surface area contributed by atoms with E-state index in [1.807, 2.05) is 0 Å². The Morgan fingerprint density at radius 3 is 3.12 bits per heavy atom. The van der Waals surface area contributed by atoms with E-state index in [-0.39, 0.29) is 12.5 Å². The van der Waals surface area contributed by atoms with Crippen molar-refractivity contribution in [2.75, 3.05) is 11.4 Å². The van der Waals surface area contributed by atoms with Crippen LogP contribution in [0.4, 0.5) is 5.69 Å². The second-order valence-corrected chi connectivity index (χ2v) is 3.60. The molecule has 6 heteroatoms. The van der Waals surface area contributed by atoms with E-state index in [9.17, 15) is 9.59 Å². The van der Waals surface area contributed by atoms with E-state index in [0.717, 1.165) is 0 Å². The number of pyridine rings is 1. The molecule has 3 N–H and O–H groups in total. The summed E-state index contributed by atoms with van der Waals surface area (Å²) in [6.07, 6.45) is 1.95. The van der Waals surface area contributed by atoms with Crippen LogP contribution in [-0.4, -0.2) is 34.6 Å². The summed E-state index contributed by atoms with van der Waals surface area (Å²) < 4.78 is 0. The predicted molar refractivity (Wildman–Crippen MR) is 55.9 cm³/mol. The maximum absolute atomic E-state index is 11.7. The van der Waals surface area contributed by atoms with E-state index in [4.69, 9.17) is 10.8 Å². The zero-order valence-corrected chi connectivity index (χ0v) is 8.46. The summed E-state index contributed by atoms with van der Waals surface area (Å²) in [5.41, 5.74) is 6.84. The van der Waals surface area contributed by atoms with Gasteiger partial charge in [0.15, 0.2) is 0 Å². The van der Waals surface area contributed by atoms with Gasteiger partial charge in [0.2, 0.25) is 5.91 Å². The molecule has 0 fully saturated rings. The molecule has 1 aromatic heterocycles. The van der Waals surface area contributed by atoms with Crippen molar-refractivity contribution in [2.45, 2.75) is 12.5 Å². The van der Waals surface area contributed by atoms with Gasteiger partial charge in [0.05, 0.1) is 17.4 Å². The SMILES string of the molecule is NC1Cc2ncccc2N(CC(=O)O)C1=O. The molecule has 0 bridgehead atoms. The summed E-state index contributed by atoms with van der Waals surface area (Å²) in [5, 5.41) is 8.74. The van der Waals surface area contributed by atoms with Crippen molar-refractivity contribution in [3.05, 3.63) is 24.0 Å². The van der Waals surface area contributed by atoms with Crippen molar-refractivity contribution < 1.29 is 14.7 Å². The number of carbonyl (C=O) groups excluding carboxylic acids is 1. The molecular formula is C10H11N3O3. The highest BCUT2D eigenvalue weighted by Crippen LogP contribution is 2.24. The number of aliphatic carboxylic acids is 1. The minimum absolute atomic E-state index is 0.352. The standard InChI is InChI=1S/C10H11N3O3/c11-6-4-7-8(2-1-3-12-7)13(10(6)16)5-9(14)15/h1-3,6H,4-5,11H2,(H,14,15). The van der Waals surface area contributed by atoms with Crippen LogP contribution in [-0.2, 0) is 16.0 Å². The zero-order valence-electron chi connectivity index (χ0n) is 8.46. The molecular weight excluding hydrogens is 210 g/mol. The highest BCUT2D eigenvalue weighted by atomic mass is 16.4. The van der Waals surface area contributed by atoms with Gasteiger partial charge in [0.25, 0.3) is 0 Å². The smallest absolute Gasteiger partial charge is 0.323 e. The van der Waals surface area contributed by atoms with Crippen molar-refractivity contribution in [3.8, 4) is 0 Å². The molecule has 0 aromatic carbocycles. The average Bonchev–Trinajstić information content (AvgIpc) is 2.24. The highest BCUT2D eigenvalue weighted by Gasteiger charge is 2.32. The van der Waals surface area contributed by atoms with Crippen LogP contribution in [0.2, 0.25) is 0 Å². The van der Waals surface area contributed by atoms with Gasteiger partial charge < -0.3 is 10.8 Å². The predicted octanol–water partition coefficient (Wildman–Crippen LogP) is -0.617. The monoisotopic (exact) mass is 221 g/mol. The number of carbonyl (C=O) groups is 2. The van der Waals surface area contributed by atoms with Gasteiger partial charge in [-0.1, -0.05) is 0 Å². The average molecular weight is 221 g/mol. The number of hydrogen-bond acceptors (Lipinski definition) is 4. The number of nitrogens with two attached hydrogens (primary N) is 1. The first-order chi connectivity index (χ1) is 7.59. The third-order valence-electron chi connectivity index (χ3n) is 2.45. The molecule has 2 heterocycles. The van der Waals surface area contributed by atoms with Crippen molar-refractivity contribution >= 4 is 17.6 Å². The number of carboxylic acid groups (broad SMARTS) is 1. The Labute approximate surface area is 91.7 Å². The lowest BCUT2D eigenvalue weighted by molar-refractivity contribution is -0.136. The van der Waals surface area contributed by atoms with Gasteiger partial charge in [-0.15, -0.1) is 0 Å². The van der Waals surface area contributed by atoms with E-state index < -0.39 is 12.0 Å². The quantitative estimate of drug-likeness (QED) is 0.694. The molecule has 1 amide bonds. The van der Waals surface area contributed by atoms with E-state index in [0.29, 0.717) is 17.8 Å². The molecule has 1 aliphatic heterocycles. The first-order valence-corrected chi connectivity index (χ1v) is 4.82. The topological polar surface area (TPSA) is 96.5 Å². The lowest BCUT2D eigenvalue weighted by Crippen LogP contribution is -2.50. The number of fused-ring (bicyclic) bond motifs is 1. The molecule has 0 saturated carbocycles. The summed E-state index contributed by atoms with van der Waals surface area (Å²) in [4.78, 5) is 27.7. The summed E-state index contributed by atoms with van der Waals surface area (Å²) in [7, 11) is 0. The van der Waals surface area contributed by atoms with Crippen molar-refractivity contribution in [1.82, 2.24) is 4.98 Å². The Morgan fingerprint density at radius 2 is 2.44 bits per heavy atom. The number of nitrogens with zero attached hydrogens (tertiary/aromatic N) is 2. The minimum Gasteiger partial charge on any atom is -0.480 e. The maximum atomic E-state index is 11.7. The largest absolute Gasteiger partial charge is 0.480 e. The van der Waals surface area contributed by atoms with Gasteiger partial charge in [0.1, 0.15) is 6.54 Å². The number of hydrogen-bond donors (Lipinski definition) is 2. The fraction of sp³-hybridized carbons (Fsp3) is 0.300. The number of carboxylic acids is 1. The molecule has 84 valence electrons. The molecule has 2 rings (SSSR count). The van der Waals surface area contributed by atoms with Crippen LogP contribution in [0.15, 0.2) is 18.3 Å². The van der Waals surface area contributed by atoms with E-state index >= 15 is 0 Å². The molecule has 16 heavy (non-hydrogen) atoms. The number of anilines is 1. The fourth-order valence-corrected chi connectivity index (χ4v) is 1.75. The lowest BCUT2D eigenvalue weighted by atomic mass is 10.0. The van der Waals surface area contributed by atoms with Gasteiger partial charge in [-0.2, -0.15) is 0 Å². The van der Waals surface area contributed by atoms with Gasteiger partial charge >= 0.3 is 5.97 Å². The van der Waals surface area contributed by atoms with Crippen molar-refractivity contribution in [2.24, 2.45) is 5.73 Å². The first kappa shape index (κ1) is 10.6. The summed E-state index contributed by atoms with van der Waals surface area (Å²) >= 11 is 0. The number of aromatic nitrogens is 1. The fourth-order valence-electron chi connectivity index (χ4n) is 1.75. The van der Waals surface area contributed by atoms with Crippen LogP contribution in [0.1, 0.15) is 5.69 Å². The lowest BCUT2D eigenvalue weighted by Gasteiger charge is -2.30. The Morgan fingerprint density at radius 1 is 1.69 bits per heavy atom.